The summed E-state index contributed by atoms with van der Waals surface area (Å²) in [5.74, 6) is -0.344. The van der Waals surface area contributed by atoms with Gasteiger partial charge in [0.1, 0.15) is 0 Å². The predicted molar refractivity (Wildman–Crippen MR) is 111 cm³/mol. The van der Waals surface area contributed by atoms with Crippen molar-refractivity contribution in [2.24, 2.45) is 0 Å². The van der Waals surface area contributed by atoms with Crippen LogP contribution in [0.4, 0.5) is 5.69 Å². The second-order valence-electron chi connectivity index (χ2n) is 6.14. The van der Waals surface area contributed by atoms with Gasteiger partial charge in [-0.05, 0) is 61.0 Å². The van der Waals surface area contributed by atoms with Crippen molar-refractivity contribution in [3.63, 3.8) is 0 Å². The van der Waals surface area contributed by atoms with Crippen LogP contribution in [0.3, 0.4) is 0 Å². The van der Waals surface area contributed by atoms with Crippen molar-refractivity contribution in [1.82, 2.24) is 5.32 Å². The highest BCUT2D eigenvalue weighted by Crippen LogP contribution is 2.18. The van der Waals surface area contributed by atoms with E-state index < -0.39 is 0 Å². The molecule has 0 aliphatic heterocycles. The van der Waals surface area contributed by atoms with Gasteiger partial charge in [-0.2, -0.15) is 0 Å². The molecule has 3 aromatic carbocycles. The van der Waals surface area contributed by atoms with Gasteiger partial charge in [0.25, 0.3) is 11.8 Å². The Hall–Kier alpha value is -2.92. The minimum absolute atomic E-state index is 0.108. The molecular formula is C22H19BrN2O2. The van der Waals surface area contributed by atoms with E-state index in [1.165, 1.54) is 0 Å². The quantitative estimate of drug-likeness (QED) is 0.593. The summed E-state index contributed by atoms with van der Waals surface area (Å²) in [6, 6.07) is 23.6. The molecule has 0 heterocycles. The van der Waals surface area contributed by atoms with Crippen LogP contribution in [-0.4, -0.2) is 11.8 Å². The van der Waals surface area contributed by atoms with Gasteiger partial charge in [-0.25, -0.2) is 0 Å². The molecule has 0 fully saturated rings. The molecule has 2 N–H and O–H groups in total. The number of hydrogen-bond acceptors (Lipinski definition) is 2. The van der Waals surface area contributed by atoms with Crippen LogP contribution >= 0.6 is 15.9 Å². The first-order valence-electron chi connectivity index (χ1n) is 8.56. The zero-order chi connectivity index (χ0) is 19.2. The summed E-state index contributed by atoms with van der Waals surface area (Å²) in [6.07, 6.45) is 0. The molecule has 0 aliphatic rings. The van der Waals surface area contributed by atoms with E-state index in [2.05, 4.69) is 26.6 Å². The van der Waals surface area contributed by atoms with E-state index in [9.17, 15) is 9.59 Å². The fourth-order valence-electron chi connectivity index (χ4n) is 2.61. The van der Waals surface area contributed by atoms with E-state index in [1.807, 2.05) is 49.4 Å². The summed E-state index contributed by atoms with van der Waals surface area (Å²) in [7, 11) is 0. The molecule has 5 heteroatoms. The maximum atomic E-state index is 12.4. The average molecular weight is 423 g/mol. The first-order valence-corrected chi connectivity index (χ1v) is 9.35. The molecule has 0 saturated heterocycles. The fraction of sp³-hybridized carbons (Fsp3) is 0.0909. The maximum Gasteiger partial charge on any atom is 0.255 e. The number of hydrogen-bond donors (Lipinski definition) is 2. The van der Waals surface area contributed by atoms with Crippen LogP contribution in [0.15, 0.2) is 83.3 Å². The minimum Gasteiger partial charge on any atom is -0.346 e. The molecule has 4 nitrogen and oxygen atoms in total. The lowest BCUT2D eigenvalue weighted by molar-refractivity contribution is 0.0939. The molecule has 1 unspecified atom stereocenters. The molecular weight excluding hydrogens is 404 g/mol. The average Bonchev–Trinajstić information content (AvgIpc) is 2.69. The number of halogens is 1. The third-order valence-electron chi connectivity index (χ3n) is 4.16. The SMILES string of the molecule is CC(NC(=O)c1ccc(NC(=O)c2ccccc2)cc1)c1ccc(Br)cc1. The molecule has 1 atom stereocenters. The number of anilines is 1. The third kappa shape index (κ3) is 5.05. The highest BCUT2D eigenvalue weighted by atomic mass is 79.9. The van der Waals surface area contributed by atoms with Crippen molar-refractivity contribution in [1.29, 1.82) is 0 Å². The van der Waals surface area contributed by atoms with Gasteiger partial charge >= 0.3 is 0 Å². The molecule has 136 valence electrons. The van der Waals surface area contributed by atoms with E-state index in [0.29, 0.717) is 16.8 Å². The maximum absolute atomic E-state index is 12.4. The van der Waals surface area contributed by atoms with Crippen LogP contribution in [0.25, 0.3) is 0 Å². The number of amides is 2. The van der Waals surface area contributed by atoms with Crippen LogP contribution in [0.2, 0.25) is 0 Å². The van der Waals surface area contributed by atoms with Gasteiger partial charge in [0.2, 0.25) is 0 Å². The summed E-state index contributed by atoms with van der Waals surface area (Å²) in [4.78, 5) is 24.6. The largest absolute Gasteiger partial charge is 0.346 e. The van der Waals surface area contributed by atoms with Gasteiger partial charge < -0.3 is 10.6 Å². The normalized spacial score (nSPS) is 11.5. The Bertz CT molecular complexity index is 923. The van der Waals surface area contributed by atoms with Crippen LogP contribution in [-0.2, 0) is 0 Å². The Morgan fingerprint density at radius 1 is 0.778 bits per heavy atom. The summed E-state index contributed by atoms with van der Waals surface area (Å²) < 4.78 is 0.998. The Morgan fingerprint density at radius 2 is 1.37 bits per heavy atom. The van der Waals surface area contributed by atoms with Crippen molar-refractivity contribution in [2.45, 2.75) is 13.0 Å². The van der Waals surface area contributed by atoms with E-state index in [0.717, 1.165) is 10.0 Å². The smallest absolute Gasteiger partial charge is 0.255 e. The monoisotopic (exact) mass is 422 g/mol. The number of carbonyl (C=O) groups is 2. The molecule has 0 radical (unpaired) electrons. The zero-order valence-electron chi connectivity index (χ0n) is 14.8. The number of nitrogens with one attached hydrogen (secondary N) is 2. The van der Waals surface area contributed by atoms with Gasteiger partial charge in [0, 0.05) is 21.3 Å². The molecule has 0 saturated carbocycles. The molecule has 3 rings (SSSR count). The van der Waals surface area contributed by atoms with Gasteiger partial charge in [0.05, 0.1) is 6.04 Å². The lowest BCUT2D eigenvalue weighted by Crippen LogP contribution is -2.26. The standard InChI is InChI=1S/C22H19BrN2O2/c1-15(16-7-11-19(23)12-8-16)24-21(26)18-9-13-20(14-10-18)25-22(27)17-5-3-2-4-6-17/h2-15H,1H3,(H,24,26)(H,25,27). The minimum atomic E-state index is -0.184. The highest BCUT2D eigenvalue weighted by molar-refractivity contribution is 9.10. The second kappa shape index (κ2) is 8.64. The van der Waals surface area contributed by atoms with Crippen molar-refractivity contribution in [3.8, 4) is 0 Å². The summed E-state index contributed by atoms with van der Waals surface area (Å²) in [5, 5.41) is 5.80. The Kier molecular flexibility index (Phi) is 6.04. The number of carbonyl (C=O) groups excluding carboxylic acids is 2. The van der Waals surface area contributed by atoms with Crippen molar-refractivity contribution < 1.29 is 9.59 Å². The topological polar surface area (TPSA) is 58.2 Å². The molecule has 2 amide bonds. The van der Waals surface area contributed by atoms with Crippen LogP contribution in [0.5, 0.6) is 0 Å². The number of rotatable bonds is 5. The molecule has 0 spiro atoms. The first kappa shape index (κ1) is 18.9. The van der Waals surface area contributed by atoms with E-state index in [-0.39, 0.29) is 17.9 Å². The molecule has 0 bridgehead atoms. The number of benzene rings is 3. The van der Waals surface area contributed by atoms with E-state index in [1.54, 1.807) is 36.4 Å². The van der Waals surface area contributed by atoms with Crippen LogP contribution in [0.1, 0.15) is 39.2 Å². The third-order valence-corrected chi connectivity index (χ3v) is 4.69. The van der Waals surface area contributed by atoms with Crippen molar-refractivity contribution >= 4 is 33.4 Å². The van der Waals surface area contributed by atoms with Crippen LogP contribution in [0, 0.1) is 0 Å². The van der Waals surface area contributed by atoms with E-state index >= 15 is 0 Å². The lowest BCUT2D eigenvalue weighted by Gasteiger charge is -2.15. The highest BCUT2D eigenvalue weighted by Gasteiger charge is 2.12. The predicted octanol–water partition coefficient (Wildman–Crippen LogP) is 5.19. The molecule has 3 aromatic rings. The van der Waals surface area contributed by atoms with Crippen LogP contribution < -0.4 is 10.6 Å². The van der Waals surface area contributed by atoms with E-state index in [4.69, 9.17) is 0 Å². The van der Waals surface area contributed by atoms with Gasteiger partial charge in [-0.15, -0.1) is 0 Å². The summed E-state index contributed by atoms with van der Waals surface area (Å²) in [5.41, 5.74) is 2.79. The Balaban J connectivity index is 1.61. The van der Waals surface area contributed by atoms with Gasteiger partial charge in [-0.1, -0.05) is 46.3 Å². The summed E-state index contributed by atoms with van der Waals surface area (Å²) in [6.45, 7) is 1.94. The Morgan fingerprint density at radius 3 is 2.00 bits per heavy atom. The molecule has 0 aliphatic carbocycles. The van der Waals surface area contributed by atoms with Crippen molar-refractivity contribution in [3.05, 3.63) is 100 Å². The Labute approximate surface area is 166 Å². The summed E-state index contributed by atoms with van der Waals surface area (Å²) >= 11 is 3.40. The fourth-order valence-corrected chi connectivity index (χ4v) is 2.88. The van der Waals surface area contributed by atoms with Gasteiger partial charge in [0.15, 0.2) is 0 Å². The molecule has 27 heavy (non-hydrogen) atoms. The molecule has 0 aromatic heterocycles. The second-order valence-corrected chi connectivity index (χ2v) is 7.06. The van der Waals surface area contributed by atoms with Crippen molar-refractivity contribution in [2.75, 3.05) is 5.32 Å². The van der Waals surface area contributed by atoms with Gasteiger partial charge in [-0.3, -0.25) is 9.59 Å². The lowest BCUT2D eigenvalue weighted by atomic mass is 10.1. The zero-order valence-corrected chi connectivity index (χ0v) is 16.4. The first-order chi connectivity index (χ1) is 13.0.